The van der Waals surface area contributed by atoms with Gasteiger partial charge in [-0.1, -0.05) is 72.3 Å². The Hall–Kier alpha value is -4.41. The number of carbonyl (C=O) groups is 2. The molecule has 0 aliphatic rings. The van der Waals surface area contributed by atoms with E-state index in [0.29, 0.717) is 5.02 Å². The third-order valence-electron chi connectivity index (χ3n) is 6.93. The number of amides is 2. The van der Waals surface area contributed by atoms with Crippen molar-refractivity contribution in [2.45, 2.75) is 30.8 Å². The fourth-order valence-corrected chi connectivity index (χ4v) is 6.27. The Labute approximate surface area is 262 Å². The van der Waals surface area contributed by atoms with E-state index in [2.05, 4.69) is 5.32 Å². The lowest BCUT2D eigenvalue weighted by Crippen LogP contribution is -2.53. The number of anilines is 1. The quantitative estimate of drug-likeness (QED) is 0.210. The second-order valence-corrected chi connectivity index (χ2v) is 12.1. The molecule has 0 saturated carbocycles. The Balaban J connectivity index is 1.83. The lowest BCUT2D eigenvalue weighted by molar-refractivity contribution is -0.139. The molecule has 8 nitrogen and oxygen atoms in total. The number of halogens is 2. The number of nitrogens with zero attached hydrogens (tertiary/aromatic N) is 2. The van der Waals surface area contributed by atoms with Crippen molar-refractivity contribution in [1.82, 2.24) is 10.2 Å². The summed E-state index contributed by atoms with van der Waals surface area (Å²) in [5, 5.41) is 2.94. The summed E-state index contributed by atoms with van der Waals surface area (Å²) in [6.07, 6.45) is 0.111. The Morgan fingerprint density at radius 1 is 0.909 bits per heavy atom. The van der Waals surface area contributed by atoms with Crippen molar-refractivity contribution < 1.29 is 27.1 Å². The van der Waals surface area contributed by atoms with E-state index in [9.17, 15) is 22.4 Å². The number of sulfonamides is 1. The predicted octanol–water partition coefficient (Wildman–Crippen LogP) is 5.46. The van der Waals surface area contributed by atoms with E-state index >= 15 is 0 Å². The van der Waals surface area contributed by atoms with Gasteiger partial charge in [0.15, 0.2) is 0 Å². The van der Waals surface area contributed by atoms with Gasteiger partial charge in [-0.3, -0.25) is 13.9 Å². The van der Waals surface area contributed by atoms with E-state index < -0.39 is 40.2 Å². The lowest BCUT2D eigenvalue weighted by atomic mass is 10.0. The molecule has 0 aromatic heterocycles. The first-order valence-electron chi connectivity index (χ1n) is 13.9. The SMILES string of the molecule is CCOc1ccccc1N(CC(=O)N(Cc1ccccc1F)[C@@H](Cc1ccccc1)C(=O)NC)S(=O)(=O)c1ccc(Cl)cc1. The minimum atomic E-state index is -4.36. The number of benzene rings is 4. The Kier molecular flexibility index (Phi) is 11.0. The molecule has 0 heterocycles. The molecule has 0 aliphatic heterocycles. The van der Waals surface area contributed by atoms with Crippen LogP contribution in [0.5, 0.6) is 5.75 Å². The van der Waals surface area contributed by atoms with Crippen molar-refractivity contribution in [1.29, 1.82) is 0 Å². The maximum absolute atomic E-state index is 14.9. The van der Waals surface area contributed by atoms with Crippen molar-refractivity contribution in [3.63, 3.8) is 0 Å². The van der Waals surface area contributed by atoms with Crippen LogP contribution < -0.4 is 14.4 Å². The molecule has 0 fully saturated rings. The maximum atomic E-state index is 14.9. The normalized spacial score (nSPS) is 11.8. The third-order valence-corrected chi connectivity index (χ3v) is 8.96. The fourth-order valence-electron chi connectivity index (χ4n) is 4.72. The zero-order chi connectivity index (χ0) is 31.7. The van der Waals surface area contributed by atoms with Gasteiger partial charge in [0.1, 0.15) is 24.2 Å². The van der Waals surface area contributed by atoms with Gasteiger partial charge in [0.05, 0.1) is 17.2 Å². The number of nitrogens with one attached hydrogen (secondary N) is 1. The van der Waals surface area contributed by atoms with Gasteiger partial charge in [-0.05, 0) is 55.0 Å². The Morgan fingerprint density at radius 3 is 2.20 bits per heavy atom. The van der Waals surface area contributed by atoms with Crippen molar-refractivity contribution in [3.8, 4) is 5.75 Å². The molecule has 1 atom stereocenters. The van der Waals surface area contributed by atoms with Gasteiger partial charge in [-0.2, -0.15) is 0 Å². The highest BCUT2D eigenvalue weighted by Crippen LogP contribution is 2.33. The largest absolute Gasteiger partial charge is 0.492 e. The van der Waals surface area contributed by atoms with Crippen LogP contribution in [0.25, 0.3) is 0 Å². The maximum Gasteiger partial charge on any atom is 0.264 e. The number of hydrogen-bond donors (Lipinski definition) is 1. The van der Waals surface area contributed by atoms with E-state index in [0.717, 1.165) is 9.87 Å². The zero-order valence-corrected chi connectivity index (χ0v) is 25.9. The summed E-state index contributed by atoms with van der Waals surface area (Å²) in [6, 6.07) is 26.0. The first-order chi connectivity index (χ1) is 21.1. The Bertz CT molecular complexity index is 1690. The van der Waals surface area contributed by atoms with Crippen LogP contribution in [0.15, 0.2) is 108 Å². The second-order valence-electron chi connectivity index (χ2n) is 9.80. The fraction of sp³-hybridized carbons (Fsp3) is 0.212. The van der Waals surface area contributed by atoms with Crippen LogP contribution in [-0.4, -0.2) is 51.4 Å². The minimum absolute atomic E-state index is 0.103. The average molecular weight is 638 g/mol. The summed E-state index contributed by atoms with van der Waals surface area (Å²) in [7, 11) is -2.91. The molecule has 11 heteroatoms. The van der Waals surface area contributed by atoms with E-state index in [1.807, 2.05) is 30.3 Å². The highest BCUT2D eigenvalue weighted by Gasteiger charge is 2.35. The van der Waals surface area contributed by atoms with Crippen LogP contribution in [0.4, 0.5) is 10.1 Å². The molecular weight excluding hydrogens is 605 g/mol. The molecule has 0 unspecified atom stereocenters. The van der Waals surface area contributed by atoms with Crippen molar-refractivity contribution in [2.24, 2.45) is 0 Å². The monoisotopic (exact) mass is 637 g/mol. The first kappa shape index (κ1) is 32.5. The van der Waals surface area contributed by atoms with Crippen LogP contribution in [0.3, 0.4) is 0 Å². The van der Waals surface area contributed by atoms with Crippen LogP contribution in [0.2, 0.25) is 5.02 Å². The van der Waals surface area contributed by atoms with Crippen LogP contribution in [-0.2, 0) is 32.6 Å². The number of para-hydroxylation sites is 2. The van der Waals surface area contributed by atoms with Gasteiger partial charge in [0, 0.05) is 30.6 Å². The predicted molar refractivity (Wildman–Crippen MR) is 169 cm³/mol. The lowest BCUT2D eigenvalue weighted by Gasteiger charge is -2.34. The molecule has 0 aliphatic carbocycles. The molecule has 4 rings (SSSR count). The Morgan fingerprint density at radius 2 is 1.55 bits per heavy atom. The molecule has 44 heavy (non-hydrogen) atoms. The average Bonchev–Trinajstić information content (AvgIpc) is 3.03. The molecule has 230 valence electrons. The van der Waals surface area contributed by atoms with E-state index in [1.54, 1.807) is 31.2 Å². The molecule has 0 radical (unpaired) electrons. The minimum Gasteiger partial charge on any atom is -0.492 e. The highest BCUT2D eigenvalue weighted by atomic mass is 35.5. The number of hydrogen-bond acceptors (Lipinski definition) is 5. The third kappa shape index (κ3) is 7.75. The number of carbonyl (C=O) groups excluding carboxylic acids is 2. The topological polar surface area (TPSA) is 96.0 Å². The van der Waals surface area contributed by atoms with E-state index in [1.165, 1.54) is 60.5 Å². The standard InChI is InChI=1S/C33H33ClFN3O5S/c1-3-43-31-16-10-9-15-29(31)38(44(41,42)27-19-17-26(34)18-20-27)23-32(39)37(22-25-13-7-8-14-28(25)35)30(33(40)36-2)21-24-11-5-4-6-12-24/h4-20,30H,3,21-23H2,1-2H3,(H,36,40)/t30-/m0/s1. The van der Waals surface area contributed by atoms with Gasteiger partial charge < -0.3 is 15.0 Å². The summed E-state index contributed by atoms with van der Waals surface area (Å²) in [5.41, 5.74) is 1.06. The van der Waals surface area contributed by atoms with Crippen LogP contribution in [0, 0.1) is 5.82 Å². The van der Waals surface area contributed by atoms with Gasteiger partial charge in [0.2, 0.25) is 11.8 Å². The van der Waals surface area contributed by atoms with Gasteiger partial charge in [-0.15, -0.1) is 0 Å². The molecule has 0 saturated heterocycles. The highest BCUT2D eigenvalue weighted by molar-refractivity contribution is 7.92. The van der Waals surface area contributed by atoms with Crippen LogP contribution >= 0.6 is 11.6 Å². The van der Waals surface area contributed by atoms with Gasteiger partial charge >= 0.3 is 0 Å². The van der Waals surface area contributed by atoms with Crippen molar-refractivity contribution in [2.75, 3.05) is 24.5 Å². The smallest absolute Gasteiger partial charge is 0.264 e. The summed E-state index contributed by atoms with van der Waals surface area (Å²) in [5.74, 6) is -1.52. The summed E-state index contributed by atoms with van der Waals surface area (Å²) < 4.78 is 49.9. The molecule has 0 spiro atoms. The number of ether oxygens (including phenoxy) is 1. The number of rotatable bonds is 13. The molecule has 4 aromatic rings. The molecule has 4 aromatic carbocycles. The first-order valence-corrected chi connectivity index (χ1v) is 15.8. The number of likely N-dealkylation sites (N-methyl/N-ethyl adjacent to an activating group) is 1. The second kappa shape index (κ2) is 14.9. The molecule has 2 amide bonds. The van der Waals surface area contributed by atoms with Gasteiger partial charge in [0.25, 0.3) is 10.0 Å². The summed E-state index contributed by atoms with van der Waals surface area (Å²) in [4.78, 5) is 28.8. The summed E-state index contributed by atoms with van der Waals surface area (Å²) in [6.45, 7) is 1.02. The van der Waals surface area contributed by atoms with E-state index in [-0.39, 0.29) is 41.5 Å². The summed E-state index contributed by atoms with van der Waals surface area (Å²) >= 11 is 6.03. The van der Waals surface area contributed by atoms with E-state index in [4.69, 9.17) is 16.3 Å². The van der Waals surface area contributed by atoms with Gasteiger partial charge in [-0.25, -0.2) is 12.8 Å². The molecule has 0 bridgehead atoms. The molecule has 1 N–H and O–H groups in total. The van der Waals surface area contributed by atoms with Crippen molar-refractivity contribution >= 4 is 39.1 Å². The van der Waals surface area contributed by atoms with Crippen LogP contribution in [0.1, 0.15) is 18.1 Å². The molecular formula is C33H33ClFN3O5S. The zero-order valence-electron chi connectivity index (χ0n) is 24.3. The van der Waals surface area contributed by atoms with Crippen molar-refractivity contribution in [3.05, 3.63) is 125 Å².